The Balaban J connectivity index is 2.35. The molecule has 0 heterocycles. The van der Waals surface area contributed by atoms with Gasteiger partial charge in [-0.2, -0.15) is 0 Å². The number of hydrogen-bond acceptors (Lipinski definition) is 4. The molecule has 4 heteroatoms. The lowest BCUT2D eigenvalue weighted by molar-refractivity contribution is 0.132. The Labute approximate surface area is 101 Å². The zero-order chi connectivity index (χ0) is 11.6. The summed E-state index contributed by atoms with van der Waals surface area (Å²) in [5, 5.41) is 4.76. The van der Waals surface area contributed by atoms with Crippen molar-refractivity contribution in [2.45, 2.75) is 13.5 Å². The van der Waals surface area contributed by atoms with E-state index in [9.17, 15) is 0 Å². The molecule has 0 amide bonds. The third kappa shape index (κ3) is 4.98. The maximum Gasteiger partial charge on any atom is 0.142 e. The fourth-order valence-corrected chi connectivity index (χ4v) is 1.49. The molecule has 0 fully saturated rings. The number of hydrogen-bond donors (Lipinski definition) is 0. The highest BCUT2D eigenvalue weighted by atomic mass is 32.2. The molecule has 0 radical (unpaired) electrons. The summed E-state index contributed by atoms with van der Waals surface area (Å²) in [6.07, 6.45) is 3.62. The van der Waals surface area contributed by atoms with E-state index in [-0.39, 0.29) is 0 Å². The lowest BCUT2D eigenvalue weighted by atomic mass is 10.2. The number of thioether (sulfide) groups is 1. The van der Waals surface area contributed by atoms with E-state index >= 15 is 0 Å². The van der Waals surface area contributed by atoms with Gasteiger partial charge in [0.15, 0.2) is 0 Å². The van der Waals surface area contributed by atoms with Crippen LogP contribution in [0.25, 0.3) is 0 Å². The molecule has 0 N–H and O–H groups in total. The Hall–Kier alpha value is -1.29. The van der Waals surface area contributed by atoms with E-state index in [1.165, 1.54) is 0 Å². The summed E-state index contributed by atoms with van der Waals surface area (Å²) < 4.78 is 0. The molecule has 0 saturated carbocycles. The zero-order valence-electron chi connectivity index (χ0n) is 9.59. The standard InChI is InChI=1S/C12H16N2OS/c1-3-13-12(16-2)9-14-15-10-11-7-5-4-6-8-11/h4-9H,3,10H2,1-2H3/b13-12?,14-9+. The second kappa shape index (κ2) is 7.93. The summed E-state index contributed by atoms with van der Waals surface area (Å²) in [6.45, 7) is 3.25. The van der Waals surface area contributed by atoms with Crippen molar-refractivity contribution in [3.63, 3.8) is 0 Å². The van der Waals surface area contributed by atoms with Crippen LogP contribution in [0.3, 0.4) is 0 Å². The van der Waals surface area contributed by atoms with Crippen LogP contribution in [-0.4, -0.2) is 24.1 Å². The second-order valence-corrected chi connectivity index (χ2v) is 3.84. The maximum absolute atomic E-state index is 5.17. The minimum Gasteiger partial charge on any atom is -0.391 e. The first kappa shape index (κ1) is 12.8. The molecule has 0 aliphatic heterocycles. The second-order valence-electron chi connectivity index (χ2n) is 3.01. The average Bonchev–Trinajstić information content (AvgIpc) is 2.34. The zero-order valence-corrected chi connectivity index (χ0v) is 10.4. The van der Waals surface area contributed by atoms with E-state index < -0.39 is 0 Å². The molecule has 0 aliphatic carbocycles. The Bertz CT molecular complexity index is 349. The highest BCUT2D eigenvalue weighted by Crippen LogP contribution is 2.01. The molecule has 0 bridgehead atoms. The number of aliphatic imine (C=N–C) groups is 1. The smallest absolute Gasteiger partial charge is 0.142 e. The molecular formula is C12H16N2OS. The van der Waals surface area contributed by atoms with Gasteiger partial charge in [0, 0.05) is 6.54 Å². The minimum absolute atomic E-state index is 0.491. The molecule has 1 aromatic carbocycles. The average molecular weight is 236 g/mol. The van der Waals surface area contributed by atoms with Gasteiger partial charge in [-0.25, -0.2) is 0 Å². The van der Waals surface area contributed by atoms with E-state index in [0.29, 0.717) is 6.61 Å². The van der Waals surface area contributed by atoms with Gasteiger partial charge in [0.2, 0.25) is 0 Å². The Morgan fingerprint density at radius 1 is 1.38 bits per heavy atom. The van der Waals surface area contributed by atoms with Crippen molar-refractivity contribution >= 4 is 23.0 Å². The highest BCUT2D eigenvalue weighted by molar-refractivity contribution is 8.14. The normalized spacial score (nSPS) is 12.0. The summed E-state index contributed by atoms with van der Waals surface area (Å²) in [5.41, 5.74) is 1.11. The van der Waals surface area contributed by atoms with Gasteiger partial charge in [-0.3, -0.25) is 4.99 Å². The SMILES string of the molecule is CCN=C(/C=N/OCc1ccccc1)SC. The number of rotatable bonds is 5. The first-order valence-electron chi connectivity index (χ1n) is 5.14. The molecule has 0 unspecified atom stereocenters. The van der Waals surface area contributed by atoms with Gasteiger partial charge < -0.3 is 4.84 Å². The Kier molecular flexibility index (Phi) is 6.33. The fraction of sp³-hybridized carbons (Fsp3) is 0.333. The van der Waals surface area contributed by atoms with Crippen LogP contribution in [0.5, 0.6) is 0 Å². The first-order valence-corrected chi connectivity index (χ1v) is 6.37. The van der Waals surface area contributed by atoms with Crippen LogP contribution in [0.1, 0.15) is 12.5 Å². The molecule has 0 saturated heterocycles. The van der Waals surface area contributed by atoms with Crippen molar-refractivity contribution in [3.8, 4) is 0 Å². The van der Waals surface area contributed by atoms with Gasteiger partial charge in [-0.05, 0) is 18.7 Å². The molecule has 16 heavy (non-hydrogen) atoms. The van der Waals surface area contributed by atoms with Gasteiger partial charge in [-0.15, -0.1) is 11.8 Å². The summed E-state index contributed by atoms with van der Waals surface area (Å²) in [7, 11) is 0. The van der Waals surface area contributed by atoms with Gasteiger partial charge in [0.1, 0.15) is 11.7 Å². The van der Waals surface area contributed by atoms with Crippen LogP contribution in [0, 0.1) is 0 Å². The van der Waals surface area contributed by atoms with Crippen molar-refractivity contribution in [3.05, 3.63) is 35.9 Å². The fourth-order valence-electron chi connectivity index (χ4n) is 1.08. The predicted molar refractivity (Wildman–Crippen MR) is 71.2 cm³/mol. The predicted octanol–water partition coefficient (Wildman–Crippen LogP) is 2.97. The van der Waals surface area contributed by atoms with Crippen LogP contribution in [0.2, 0.25) is 0 Å². The minimum atomic E-state index is 0.491. The number of nitrogens with zero attached hydrogens (tertiary/aromatic N) is 2. The molecule has 0 aliphatic rings. The molecular weight excluding hydrogens is 220 g/mol. The van der Waals surface area contributed by atoms with Gasteiger partial charge >= 0.3 is 0 Å². The third-order valence-electron chi connectivity index (χ3n) is 1.83. The molecule has 86 valence electrons. The topological polar surface area (TPSA) is 34.0 Å². The summed E-state index contributed by atoms with van der Waals surface area (Å²) in [6, 6.07) is 9.95. The van der Waals surface area contributed by atoms with Crippen molar-refractivity contribution in [2.75, 3.05) is 12.8 Å². The van der Waals surface area contributed by atoms with E-state index in [1.807, 2.05) is 43.5 Å². The lowest BCUT2D eigenvalue weighted by Crippen LogP contribution is -1.95. The van der Waals surface area contributed by atoms with E-state index in [0.717, 1.165) is 17.2 Å². The van der Waals surface area contributed by atoms with Crippen LogP contribution in [-0.2, 0) is 11.4 Å². The van der Waals surface area contributed by atoms with Crippen molar-refractivity contribution in [1.29, 1.82) is 0 Å². The van der Waals surface area contributed by atoms with Crippen LogP contribution in [0.15, 0.2) is 40.5 Å². The van der Waals surface area contributed by atoms with E-state index in [4.69, 9.17) is 4.84 Å². The first-order chi connectivity index (χ1) is 7.86. The largest absolute Gasteiger partial charge is 0.391 e. The molecule has 0 spiro atoms. The van der Waals surface area contributed by atoms with Crippen molar-refractivity contribution < 1.29 is 4.84 Å². The quantitative estimate of drug-likeness (QED) is 0.447. The number of oxime groups is 1. The highest BCUT2D eigenvalue weighted by Gasteiger charge is 1.92. The molecule has 1 rings (SSSR count). The van der Waals surface area contributed by atoms with Crippen LogP contribution in [0.4, 0.5) is 0 Å². The maximum atomic E-state index is 5.17. The molecule has 1 aromatic rings. The monoisotopic (exact) mass is 236 g/mol. The van der Waals surface area contributed by atoms with E-state index in [1.54, 1.807) is 18.0 Å². The summed E-state index contributed by atoms with van der Waals surface area (Å²) in [4.78, 5) is 9.41. The van der Waals surface area contributed by atoms with Gasteiger partial charge in [-0.1, -0.05) is 35.5 Å². The summed E-state index contributed by atoms with van der Waals surface area (Å²) >= 11 is 1.56. The molecule has 0 aromatic heterocycles. The molecule has 0 atom stereocenters. The van der Waals surface area contributed by atoms with Crippen molar-refractivity contribution in [2.24, 2.45) is 10.1 Å². The number of benzene rings is 1. The van der Waals surface area contributed by atoms with Gasteiger partial charge in [0.05, 0.1) is 6.21 Å². The third-order valence-corrected chi connectivity index (χ3v) is 2.49. The summed E-state index contributed by atoms with van der Waals surface area (Å²) in [5.74, 6) is 0. The van der Waals surface area contributed by atoms with E-state index in [2.05, 4.69) is 10.1 Å². The Morgan fingerprint density at radius 3 is 2.75 bits per heavy atom. The van der Waals surface area contributed by atoms with Gasteiger partial charge in [0.25, 0.3) is 0 Å². The van der Waals surface area contributed by atoms with Crippen LogP contribution >= 0.6 is 11.8 Å². The van der Waals surface area contributed by atoms with Crippen molar-refractivity contribution in [1.82, 2.24) is 0 Å². The lowest BCUT2D eigenvalue weighted by Gasteiger charge is -1.99. The molecule has 3 nitrogen and oxygen atoms in total. The van der Waals surface area contributed by atoms with Crippen LogP contribution < -0.4 is 0 Å². The Morgan fingerprint density at radius 2 is 2.12 bits per heavy atom.